The summed E-state index contributed by atoms with van der Waals surface area (Å²) in [5.41, 5.74) is 0.401. The molecular weight excluding hydrogens is 273 g/mol. The predicted octanol–water partition coefficient (Wildman–Crippen LogP) is 2.52. The molecule has 1 atom stereocenters. The van der Waals surface area contributed by atoms with Crippen molar-refractivity contribution in [3.8, 4) is 0 Å². The van der Waals surface area contributed by atoms with Crippen molar-refractivity contribution in [1.29, 1.82) is 0 Å². The average molecular weight is 286 g/mol. The van der Waals surface area contributed by atoms with E-state index in [0.29, 0.717) is 5.56 Å². The van der Waals surface area contributed by atoms with Crippen LogP contribution in [0.3, 0.4) is 0 Å². The van der Waals surface area contributed by atoms with Crippen LogP contribution < -0.4 is 5.32 Å². The van der Waals surface area contributed by atoms with Gasteiger partial charge in [0.2, 0.25) is 5.91 Å². The highest BCUT2D eigenvalue weighted by Gasteiger charge is 2.31. The number of halogens is 2. The van der Waals surface area contributed by atoms with E-state index in [2.05, 4.69) is 5.32 Å². The van der Waals surface area contributed by atoms with Gasteiger partial charge in [0.05, 0.1) is 17.5 Å². The van der Waals surface area contributed by atoms with E-state index in [4.69, 9.17) is 16.7 Å². The third-order valence-electron chi connectivity index (χ3n) is 2.99. The zero-order valence-electron chi connectivity index (χ0n) is 10.0. The molecule has 1 fully saturated rings. The maximum absolute atomic E-state index is 13.4. The summed E-state index contributed by atoms with van der Waals surface area (Å²) in [6.07, 6.45) is 1.35. The molecule has 102 valence electrons. The fourth-order valence-corrected chi connectivity index (χ4v) is 1.91. The van der Waals surface area contributed by atoms with Crippen molar-refractivity contribution in [1.82, 2.24) is 5.32 Å². The summed E-state index contributed by atoms with van der Waals surface area (Å²) in [4.78, 5) is 22.5. The molecule has 0 spiro atoms. The summed E-state index contributed by atoms with van der Waals surface area (Å²) in [6, 6.07) is 3.29. The molecule has 2 rings (SSSR count). The zero-order valence-corrected chi connectivity index (χ0v) is 10.8. The highest BCUT2D eigenvalue weighted by atomic mass is 35.5. The Balaban J connectivity index is 2.17. The molecule has 19 heavy (non-hydrogen) atoms. The lowest BCUT2D eigenvalue weighted by molar-refractivity contribution is -0.137. The molecule has 1 aliphatic carbocycles. The second kappa shape index (κ2) is 5.57. The van der Waals surface area contributed by atoms with Gasteiger partial charge in [-0.05, 0) is 30.5 Å². The van der Waals surface area contributed by atoms with E-state index in [9.17, 15) is 14.0 Å². The van der Waals surface area contributed by atoms with E-state index >= 15 is 0 Å². The molecule has 2 N–H and O–H groups in total. The van der Waals surface area contributed by atoms with Crippen molar-refractivity contribution >= 4 is 23.5 Å². The van der Waals surface area contributed by atoms with Gasteiger partial charge in [-0.15, -0.1) is 0 Å². The summed E-state index contributed by atoms with van der Waals surface area (Å²) in [6.45, 7) is 0. The monoisotopic (exact) mass is 285 g/mol. The summed E-state index contributed by atoms with van der Waals surface area (Å²) >= 11 is 5.58. The van der Waals surface area contributed by atoms with Crippen LogP contribution in [0.5, 0.6) is 0 Å². The van der Waals surface area contributed by atoms with Crippen molar-refractivity contribution in [3.63, 3.8) is 0 Å². The Kier molecular flexibility index (Phi) is 4.04. The van der Waals surface area contributed by atoms with Crippen molar-refractivity contribution in [2.45, 2.75) is 25.3 Å². The number of carbonyl (C=O) groups is 2. The van der Waals surface area contributed by atoms with Crippen LogP contribution >= 0.6 is 11.6 Å². The number of nitrogens with one attached hydrogen (secondary N) is 1. The standard InChI is InChI=1S/C13H13ClFNO3/c14-9-4-3-8(5-10(9)15)11(6-12(17)18)16-13(19)7-1-2-7/h3-5,7,11H,1-2,6H2,(H,16,19)(H,17,18)/t11-/m1/s1. The fraction of sp³-hybridized carbons (Fsp3) is 0.385. The lowest BCUT2D eigenvalue weighted by Crippen LogP contribution is -2.31. The maximum atomic E-state index is 13.4. The third kappa shape index (κ3) is 3.67. The number of carbonyl (C=O) groups excluding carboxylic acids is 1. The Morgan fingerprint density at radius 2 is 2.16 bits per heavy atom. The molecule has 0 heterocycles. The SMILES string of the molecule is O=C(O)C[C@@H](NC(=O)C1CC1)c1ccc(Cl)c(F)c1. The second-order valence-electron chi connectivity index (χ2n) is 4.61. The summed E-state index contributed by atoms with van der Waals surface area (Å²) in [5.74, 6) is -1.90. The smallest absolute Gasteiger partial charge is 0.305 e. The summed E-state index contributed by atoms with van der Waals surface area (Å²) in [7, 11) is 0. The van der Waals surface area contributed by atoms with Gasteiger partial charge >= 0.3 is 5.97 Å². The number of carboxylic acid groups (broad SMARTS) is 1. The Bertz CT molecular complexity index is 517. The molecule has 1 aromatic rings. The molecule has 1 aliphatic rings. The molecule has 0 unspecified atom stereocenters. The van der Waals surface area contributed by atoms with Crippen LogP contribution in [0.25, 0.3) is 0 Å². The van der Waals surface area contributed by atoms with Gasteiger partial charge in [0.1, 0.15) is 5.82 Å². The van der Waals surface area contributed by atoms with E-state index < -0.39 is 17.8 Å². The lowest BCUT2D eigenvalue weighted by Gasteiger charge is -2.17. The molecule has 4 nitrogen and oxygen atoms in total. The number of carboxylic acids is 1. The predicted molar refractivity (Wildman–Crippen MR) is 67.3 cm³/mol. The summed E-state index contributed by atoms with van der Waals surface area (Å²) < 4.78 is 13.4. The first kappa shape index (κ1) is 13.8. The number of aliphatic carboxylic acids is 1. The van der Waals surface area contributed by atoms with E-state index in [1.807, 2.05) is 0 Å². The fourth-order valence-electron chi connectivity index (χ4n) is 1.79. The Labute approximate surface area is 114 Å². The van der Waals surface area contributed by atoms with Gasteiger partial charge in [-0.2, -0.15) is 0 Å². The first-order valence-corrected chi connectivity index (χ1v) is 6.32. The molecule has 0 aromatic heterocycles. The number of rotatable bonds is 5. The van der Waals surface area contributed by atoms with Crippen LogP contribution in [-0.4, -0.2) is 17.0 Å². The van der Waals surface area contributed by atoms with Crippen LogP contribution in [0.2, 0.25) is 5.02 Å². The number of amides is 1. The van der Waals surface area contributed by atoms with Gasteiger partial charge in [-0.3, -0.25) is 9.59 Å². The number of hydrogen-bond donors (Lipinski definition) is 2. The molecule has 0 saturated heterocycles. The molecule has 1 amide bonds. The van der Waals surface area contributed by atoms with Crippen molar-refractivity contribution in [3.05, 3.63) is 34.6 Å². The molecule has 1 aromatic carbocycles. The average Bonchev–Trinajstić information content (AvgIpc) is 3.15. The van der Waals surface area contributed by atoms with Crippen LogP contribution in [0, 0.1) is 11.7 Å². The first-order valence-electron chi connectivity index (χ1n) is 5.94. The van der Waals surface area contributed by atoms with Gasteiger partial charge < -0.3 is 10.4 Å². The Hall–Kier alpha value is -1.62. The first-order chi connectivity index (χ1) is 8.97. The largest absolute Gasteiger partial charge is 0.481 e. The van der Waals surface area contributed by atoms with E-state index in [0.717, 1.165) is 18.9 Å². The number of benzene rings is 1. The van der Waals surface area contributed by atoms with Crippen LogP contribution in [0.4, 0.5) is 4.39 Å². The van der Waals surface area contributed by atoms with Gasteiger partial charge in [-0.25, -0.2) is 4.39 Å². The van der Waals surface area contributed by atoms with Crippen molar-refractivity contribution < 1.29 is 19.1 Å². The molecule has 0 radical (unpaired) electrons. The Morgan fingerprint density at radius 1 is 1.47 bits per heavy atom. The molecule has 1 saturated carbocycles. The minimum absolute atomic E-state index is 0.0338. The van der Waals surface area contributed by atoms with Gasteiger partial charge in [-0.1, -0.05) is 17.7 Å². The van der Waals surface area contributed by atoms with E-state index in [-0.39, 0.29) is 23.3 Å². The topological polar surface area (TPSA) is 66.4 Å². The normalized spacial score (nSPS) is 15.9. The maximum Gasteiger partial charge on any atom is 0.305 e. The van der Waals surface area contributed by atoms with Crippen molar-refractivity contribution in [2.75, 3.05) is 0 Å². The molecule has 0 aliphatic heterocycles. The molecular formula is C13H13ClFNO3. The molecule has 0 bridgehead atoms. The van der Waals surface area contributed by atoms with Crippen LogP contribution in [0.15, 0.2) is 18.2 Å². The lowest BCUT2D eigenvalue weighted by atomic mass is 10.0. The summed E-state index contributed by atoms with van der Waals surface area (Å²) in [5, 5.41) is 11.5. The van der Waals surface area contributed by atoms with Crippen molar-refractivity contribution in [2.24, 2.45) is 5.92 Å². The van der Waals surface area contributed by atoms with Crippen LogP contribution in [0.1, 0.15) is 30.9 Å². The minimum Gasteiger partial charge on any atom is -0.481 e. The zero-order chi connectivity index (χ0) is 14.0. The van der Waals surface area contributed by atoms with E-state index in [1.165, 1.54) is 12.1 Å². The number of hydrogen-bond acceptors (Lipinski definition) is 2. The third-order valence-corrected chi connectivity index (χ3v) is 3.30. The van der Waals surface area contributed by atoms with Gasteiger partial charge in [0.25, 0.3) is 0 Å². The quantitative estimate of drug-likeness (QED) is 0.873. The van der Waals surface area contributed by atoms with Crippen LogP contribution in [-0.2, 0) is 9.59 Å². The van der Waals surface area contributed by atoms with E-state index in [1.54, 1.807) is 0 Å². The van der Waals surface area contributed by atoms with Gasteiger partial charge in [0.15, 0.2) is 0 Å². The minimum atomic E-state index is -1.06. The Morgan fingerprint density at radius 3 is 2.68 bits per heavy atom. The highest BCUT2D eigenvalue weighted by Crippen LogP contribution is 2.30. The highest BCUT2D eigenvalue weighted by molar-refractivity contribution is 6.30. The second-order valence-corrected chi connectivity index (χ2v) is 5.01. The van der Waals surface area contributed by atoms with Gasteiger partial charge in [0, 0.05) is 5.92 Å². The molecule has 6 heteroatoms.